The number of carbonyl (C=O) groups is 2. The van der Waals surface area contributed by atoms with Gasteiger partial charge in [0.1, 0.15) is 6.54 Å². The minimum atomic E-state index is -0.554. The second-order valence-corrected chi connectivity index (χ2v) is 5.44. The summed E-state index contributed by atoms with van der Waals surface area (Å²) in [7, 11) is 0. The van der Waals surface area contributed by atoms with Crippen molar-refractivity contribution in [3.05, 3.63) is 35.9 Å². The maximum absolute atomic E-state index is 12.3. The second kappa shape index (κ2) is 7.81. The number of hydrogen-bond donors (Lipinski definition) is 0. The predicted octanol–water partition coefficient (Wildman–Crippen LogP) is 3.43. The maximum atomic E-state index is 12.3. The standard InChI is InChI=1S/C17H23NO3/c1-2-3-4-5-9-12-15(19)18-13-16(20)21-17(18)14-10-7-6-8-11-14/h6-8,10-11,17H,2-5,9,12-13H2,1H3. The van der Waals surface area contributed by atoms with Crippen LogP contribution in [0.4, 0.5) is 0 Å². The van der Waals surface area contributed by atoms with E-state index in [9.17, 15) is 9.59 Å². The average Bonchev–Trinajstić information content (AvgIpc) is 2.90. The average molecular weight is 289 g/mol. The first kappa shape index (κ1) is 15.5. The van der Waals surface area contributed by atoms with Gasteiger partial charge in [0.05, 0.1) is 0 Å². The van der Waals surface area contributed by atoms with Gasteiger partial charge in [-0.25, -0.2) is 0 Å². The highest BCUT2D eigenvalue weighted by Crippen LogP contribution is 2.28. The van der Waals surface area contributed by atoms with Crippen LogP contribution in [-0.2, 0) is 14.3 Å². The zero-order valence-corrected chi connectivity index (χ0v) is 12.6. The van der Waals surface area contributed by atoms with Gasteiger partial charge in [0.2, 0.25) is 12.1 Å². The van der Waals surface area contributed by atoms with E-state index in [4.69, 9.17) is 4.74 Å². The van der Waals surface area contributed by atoms with E-state index >= 15 is 0 Å². The first-order valence-corrected chi connectivity index (χ1v) is 7.76. The lowest BCUT2D eigenvalue weighted by molar-refractivity contribution is -0.143. The summed E-state index contributed by atoms with van der Waals surface area (Å²) >= 11 is 0. The number of cyclic esters (lactones) is 1. The first-order valence-electron chi connectivity index (χ1n) is 7.76. The highest BCUT2D eigenvalue weighted by atomic mass is 16.6. The number of benzene rings is 1. The van der Waals surface area contributed by atoms with Gasteiger partial charge >= 0.3 is 5.97 Å². The molecular formula is C17H23NO3. The lowest BCUT2D eigenvalue weighted by Gasteiger charge is -2.22. The van der Waals surface area contributed by atoms with Crippen molar-refractivity contribution in [1.29, 1.82) is 0 Å². The highest BCUT2D eigenvalue weighted by Gasteiger charge is 2.36. The molecule has 4 nitrogen and oxygen atoms in total. The van der Waals surface area contributed by atoms with Gasteiger partial charge in [0.25, 0.3) is 0 Å². The third-order valence-electron chi connectivity index (χ3n) is 3.72. The van der Waals surface area contributed by atoms with E-state index in [0.717, 1.165) is 18.4 Å². The Hall–Kier alpha value is -1.84. The van der Waals surface area contributed by atoms with E-state index < -0.39 is 6.23 Å². The molecule has 0 saturated carbocycles. The number of carbonyl (C=O) groups excluding carboxylic acids is 2. The van der Waals surface area contributed by atoms with Gasteiger partial charge in [-0.3, -0.25) is 14.5 Å². The molecule has 1 unspecified atom stereocenters. The van der Waals surface area contributed by atoms with E-state index in [1.165, 1.54) is 19.3 Å². The summed E-state index contributed by atoms with van der Waals surface area (Å²) in [4.78, 5) is 25.4. The van der Waals surface area contributed by atoms with Gasteiger partial charge < -0.3 is 4.74 Å². The van der Waals surface area contributed by atoms with E-state index in [1.807, 2.05) is 30.3 Å². The van der Waals surface area contributed by atoms with Crippen LogP contribution >= 0.6 is 0 Å². The summed E-state index contributed by atoms with van der Waals surface area (Å²) in [6.07, 6.45) is 5.46. The van der Waals surface area contributed by atoms with Crippen LogP contribution in [0.1, 0.15) is 57.2 Å². The molecule has 0 N–H and O–H groups in total. The summed E-state index contributed by atoms with van der Waals surface area (Å²) in [6.45, 7) is 2.23. The van der Waals surface area contributed by atoms with Crippen molar-refractivity contribution >= 4 is 11.9 Å². The van der Waals surface area contributed by atoms with Gasteiger partial charge in [-0.1, -0.05) is 62.9 Å². The van der Waals surface area contributed by atoms with Gasteiger partial charge in [0, 0.05) is 12.0 Å². The maximum Gasteiger partial charge on any atom is 0.327 e. The molecule has 1 amide bonds. The van der Waals surface area contributed by atoms with E-state index in [1.54, 1.807) is 4.90 Å². The molecule has 1 aliphatic rings. The molecule has 1 heterocycles. The van der Waals surface area contributed by atoms with Crippen molar-refractivity contribution in [2.45, 2.75) is 51.7 Å². The Morgan fingerprint density at radius 2 is 1.90 bits per heavy atom. The Balaban J connectivity index is 1.90. The molecule has 1 aromatic rings. The Morgan fingerprint density at radius 3 is 2.62 bits per heavy atom. The molecule has 0 aliphatic carbocycles. The van der Waals surface area contributed by atoms with Crippen molar-refractivity contribution in [3.63, 3.8) is 0 Å². The van der Waals surface area contributed by atoms with Gasteiger partial charge in [-0.2, -0.15) is 0 Å². The quantitative estimate of drug-likeness (QED) is 0.570. The third-order valence-corrected chi connectivity index (χ3v) is 3.72. The van der Waals surface area contributed by atoms with Crippen molar-refractivity contribution in [2.75, 3.05) is 6.54 Å². The molecule has 1 aromatic carbocycles. The minimum Gasteiger partial charge on any atom is -0.436 e. The van der Waals surface area contributed by atoms with Crippen molar-refractivity contribution < 1.29 is 14.3 Å². The molecule has 1 aliphatic heterocycles. The molecular weight excluding hydrogens is 266 g/mol. The molecule has 1 atom stereocenters. The molecule has 0 spiro atoms. The molecule has 114 valence electrons. The van der Waals surface area contributed by atoms with E-state index in [-0.39, 0.29) is 18.4 Å². The SMILES string of the molecule is CCCCCCCC(=O)N1CC(=O)OC1c1ccccc1. The summed E-state index contributed by atoms with van der Waals surface area (Å²) in [5.41, 5.74) is 0.850. The largest absolute Gasteiger partial charge is 0.436 e. The number of amides is 1. The summed E-state index contributed by atoms with van der Waals surface area (Å²) in [5.74, 6) is -0.325. The molecule has 0 aromatic heterocycles. The van der Waals surface area contributed by atoms with Crippen molar-refractivity contribution in [3.8, 4) is 0 Å². The number of esters is 1. The van der Waals surface area contributed by atoms with Gasteiger partial charge in [-0.05, 0) is 6.42 Å². The molecule has 0 bridgehead atoms. The van der Waals surface area contributed by atoms with Crippen LogP contribution in [0.3, 0.4) is 0 Å². The van der Waals surface area contributed by atoms with Gasteiger partial charge in [0.15, 0.2) is 0 Å². The van der Waals surface area contributed by atoms with Crippen LogP contribution in [-0.4, -0.2) is 23.3 Å². The Labute approximate surface area is 126 Å². The second-order valence-electron chi connectivity index (χ2n) is 5.44. The molecule has 2 rings (SSSR count). The molecule has 0 radical (unpaired) electrons. The zero-order chi connectivity index (χ0) is 15.1. The normalized spacial score (nSPS) is 17.9. The lowest BCUT2D eigenvalue weighted by atomic mass is 10.1. The Bertz CT molecular complexity index is 472. The zero-order valence-electron chi connectivity index (χ0n) is 12.6. The number of unbranched alkanes of at least 4 members (excludes halogenated alkanes) is 4. The highest BCUT2D eigenvalue weighted by molar-refractivity contribution is 5.84. The molecule has 4 heteroatoms. The lowest BCUT2D eigenvalue weighted by Crippen LogP contribution is -2.31. The first-order chi connectivity index (χ1) is 10.2. The van der Waals surface area contributed by atoms with E-state index in [2.05, 4.69) is 6.92 Å². The third kappa shape index (κ3) is 4.31. The van der Waals surface area contributed by atoms with Crippen LogP contribution in [0, 0.1) is 0 Å². The minimum absolute atomic E-state index is 0.00574. The smallest absolute Gasteiger partial charge is 0.327 e. The summed E-state index contributed by atoms with van der Waals surface area (Å²) in [5, 5.41) is 0. The predicted molar refractivity (Wildman–Crippen MR) is 80.4 cm³/mol. The summed E-state index contributed by atoms with van der Waals surface area (Å²) in [6, 6.07) is 9.43. The van der Waals surface area contributed by atoms with Gasteiger partial charge in [-0.15, -0.1) is 0 Å². The number of nitrogens with zero attached hydrogens (tertiary/aromatic N) is 1. The fourth-order valence-electron chi connectivity index (χ4n) is 2.56. The van der Waals surface area contributed by atoms with Crippen LogP contribution < -0.4 is 0 Å². The van der Waals surface area contributed by atoms with Crippen LogP contribution in [0.5, 0.6) is 0 Å². The number of rotatable bonds is 7. The molecule has 21 heavy (non-hydrogen) atoms. The number of hydrogen-bond acceptors (Lipinski definition) is 3. The van der Waals surface area contributed by atoms with Crippen molar-refractivity contribution in [2.24, 2.45) is 0 Å². The van der Waals surface area contributed by atoms with Crippen LogP contribution in [0.2, 0.25) is 0 Å². The fourth-order valence-corrected chi connectivity index (χ4v) is 2.56. The Kier molecular flexibility index (Phi) is 5.78. The van der Waals surface area contributed by atoms with Crippen molar-refractivity contribution in [1.82, 2.24) is 4.90 Å². The topological polar surface area (TPSA) is 46.6 Å². The summed E-state index contributed by atoms with van der Waals surface area (Å²) < 4.78 is 5.29. The monoisotopic (exact) mass is 289 g/mol. The number of ether oxygens (including phenoxy) is 1. The fraction of sp³-hybridized carbons (Fsp3) is 0.529. The molecule has 1 saturated heterocycles. The Morgan fingerprint density at radius 1 is 1.19 bits per heavy atom. The van der Waals surface area contributed by atoms with Crippen LogP contribution in [0.15, 0.2) is 30.3 Å². The van der Waals surface area contributed by atoms with Crippen LogP contribution in [0.25, 0.3) is 0 Å². The molecule has 1 fully saturated rings. The van der Waals surface area contributed by atoms with E-state index in [0.29, 0.717) is 6.42 Å².